The molecule has 1 aliphatic heterocycles. The minimum absolute atomic E-state index is 0.252. The number of anilines is 1. The fourth-order valence-electron chi connectivity index (χ4n) is 2.63. The lowest BCUT2D eigenvalue weighted by Crippen LogP contribution is -2.33. The Morgan fingerprint density at radius 1 is 1.22 bits per heavy atom. The summed E-state index contributed by atoms with van der Waals surface area (Å²) in [6, 6.07) is 4.27. The van der Waals surface area contributed by atoms with Gasteiger partial charge in [-0.1, -0.05) is 18.9 Å². The lowest BCUT2D eigenvalue weighted by Gasteiger charge is -2.21. The molecule has 1 amide bonds. The first-order chi connectivity index (χ1) is 10.8. The first-order valence-electron chi connectivity index (χ1n) is 7.99. The van der Waals surface area contributed by atoms with Gasteiger partial charge in [0.1, 0.15) is 0 Å². The van der Waals surface area contributed by atoms with Gasteiger partial charge in [-0.3, -0.25) is 4.79 Å². The van der Waals surface area contributed by atoms with Crippen LogP contribution in [0, 0.1) is 6.92 Å². The Morgan fingerprint density at radius 2 is 1.83 bits per heavy atom. The number of benzene rings is 1. The number of hydrogen-bond acceptors (Lipinski definition) is 4. The van der Waals surface area contributed by atoms with E-state index in [1.807, 2.05) is 0 Å². The monoisotopic (exact) mass is 339 g/mol. The van der Waals surface area contributed by atoms with Gasteiger partial charge in [0.15, 0.2) is 0 Å². The summed E-state index contributed by atoms with van der Waals surface area (Å²) >= 11 is 0. The molecular formula is C16H25N3O3S. The highest BCUT2D eigenvalue weighted by molar-refractivity contribution is 7.89. The van der Waals surface area contributed by atoms with Gasteiger partial charge in [-0.2, -0.15) is 4.31 Å². The fourth-order valence-corrected chi connectivity index (χ4v) is 4.40. The average Bonchev–Trinajstić information content (AvgIpc) is 2.78. The Balaban J connectivity index is 2.31. The first kappa shape index (κ1) is 17.9. The van der Waals surface area contributed by atoms with Crippen LogP contribution in [0.5, 0.6) is 0 Å². The molecule has 6 nitrogen and oxygen atoms in total. The van der Waals surface area contributed by atoms with Gasteiger partial charge in [-0.15, -0.1) is 0 Å². The third-order valence-electron chi connectivity index (χ3n) is 4.05. The Labute approximate surface area is 138 Å². The van der Waals surface area contributed by atoms with E-state index >= 15 is 0 Å². The summed E-state index contributed by atoms with van der Waals surface area (Å²) < 4.78 is 27.4. The zero-order valence-electron chi connectivity index (χ0n) is 13.7. The molecule has 0 spiro atoms. The van der Waals surface area contributed by atoms with E-state index in [9.17, 15) is 13.2 Å². The van der Waals surface area contributed by atoms with Crippen molar-refractivity contribution in [1.29, 1.82) is 0 Å². The molecule has 7 heteroatoms. The van der Waals surface area contributed by atoms with E-state index in [0.717, 1.165) is 25.7 Å². The van der Waals surface area contributed by atoms with Crippen molar-refractivity contribution >= 4 is 21.6 Å². The molecular weight excluding hydrogens is 314 g/mol. The molecule has 23 heavy (non-hydrogen) atoms. The molecule has 3 N–H and O–H groups in total. The highest BCUT2D eigenvalue weighted by atomic mass is 32.2. The predicted molar refractivity (Wildman–Crippen MR) is 90.7 cm³/mol. The minimum atomic E-state index is -3.54. The third-order valence-corrected chi connectivity index (χ3v) is 6.09. The summed E-state index contributed by atoms with van der Waals surface area (Å²) in [4.78, 5) is 12.0. The van der Waals surface area contributed by atoms with E-state index in [2.05, 4.69) is 5.32 Å². The van der Waals surface area contributed by atoms with E-state index in [4.69, 9.17) is 5.73 Å². The van der Waals surface area contributed by atoms with Gasteiger partial charge in [0.25, 0.3) is 0 Å². The largest absolute Gasteiger partial charge is 0.325 e. The van der Waals surface area contributed by atoms with Crippen LogP contribution >= 0.6 is 0 Å². The highest BCUT2D eigenvalue weighted by Gasteiger charge is 2.27. The van der Waals surface area contributed by atoms with E-state index in [-0.39, 0.29) is 10.8 Å². The summed E-state index contributed by atoms with van der Waals surface area (Å²) in [6.07, 6.45) is 3.91. The van der Waals surface area contributed by atoms with Gasteiger partial charge in [0, 0.05) is 18.8 Å². The maximum absolute atomic E-state index is 12.9. The molecule has 1 atom stereocenters. The predicted octanol–water partition coefficient (Wildman–Crippen LogP) is 1.85. The quantitative estimate of drug-likeness (QED) is 0.875. The van der Waals surface area contributed by atoms with Crippen LogP contribution in [0.2, 0.25) is 0 Å². The van der Waals surface area contributed by atoms with Crippen molar-refractivity contribution in [2.75, 3.05) is 18.4 Å². The molecule has 1 aliphatic rings. The van der Waals surface area contributed by atoms with Crippen molar-refractivity contribution in [2.24, 2.45) is 5.73 Å². The molecule has 0 bridgehead atoms. The SMILES string of the molecule is Cc1ccc(NC(=O)[C@H](C)N)cc1S(=O)(=O)N1CCCCCC1. The van der Waals surface area contributed by atoms with Gasteiger partial charge >= 0.3 is 0 Å². The van der Waals surface area contributed by atoms with Gasteiger partial charge < -0.3 is 11.1 Å². The number of aryl methyl sites for hydroxylation is 1. The summed E-state index contributed by atoms with van der Waals surface area (Å²) in [6.45, 7) is 4.46. The summed E-state index contributed by atoms with van der Waals surface area (Å²) in [5.74, 6) is -0.341. The molecule has 1 saturated heterocycles. The molecule has 1 aromatic rings. The lowest BCUT2D eigenvalue weighted by atomic mass is 10.2. The van der Waals surface area contributed by atoms with Crippen molar-refractivity contribution in [3.05, 3.63) is 23.8 Å². The van der Waals surface area contributed by atoms with Crippen LogP contribution in [-0.4, -0.2) is 37.8 Å². The van der Waals surface area contributed by atoms with Crippen LogP contribution in [0.1, 0.15) is 38.2 Å². The molecule has 1 heterocycles. The molecule has 0 aliphatic carbocycles. The zero-order chi connectivity index (χ0) is 17.0. The standard InChI is InChI=1S/C16H25N3O3S/c1-12-7-8-14(18-16(20)13(2)17)11-15(12)23(21,22)19-9-5-3-4-6-10-19/h7-8,11,13H,3-6,9-10,17H2,1-2H3,(H,18,20)/t13-/m0/s1. The number of nitrogens with two attached hydrogens (primary N) is 1. The van der Waals surface area contributed by atoms with Crippen LogP contribution in [0.25, 0.3) is 0 Å². The maximum atomic E-state index is 12.9. The molecule has 2 rings (SSSR count). The Morgan fingerprint density at radius 3 is 2.39 bits per heavy atom. The Bertz CT molecular complexity index is 663. The summed E-state index contributed by atoms with van der Waals surface area (Å²) in [7, 11) is -3.54. The van der Waals surface area contributed by atoms with E-state index in [0.29, 0.717) is 24.3 Å². The average molecular weight is 339 g/mol. The zero-order valence-corrected chi connectivity index (χ0v) is 14.5. The number of hydrogen-bond donors (Lipinski definition) is 2. The van der Waals surface area contributed by atoms with Crippen molar-refractivity contribution in [1.82, 2.24) is 4.31 Å². The van der Waals surface area contributed by atoms with Gasteiger partial charge in [0.05, 0.1) is 10.9 Å². The second-order valence-electron chi connectivity index (χ2n) is 6.08. The van der Waals surface area contributed by atoms with Crippen LogP contribution in [0.3, 0.4) is 0 Å². The smallest absolute Gasteiger partial charge is 0.243 e. The van der Waals surface area contributed by atoms with Gasteiger partial charge in [-0.05, 0) is 44.4 Å². The number of carbonyl (C=O) groups is 1. The molecule has 0 aromatic heterocycles. The topological polar surface area (TPSA) is 92.5 Å². The molecule has 0 radical (unpaired) electrons. The Kier molecular flexibility index (Phi) is 5.78. The van der Waals surface area contributed by atoms with Gasteiger partial charge in [0.2, 0.25) is 15.9 Å². The van der Waals surface area contributed by atoms with Crippen molar-refractivity contribution in [3.63, 3.8) is 0 Å². The number of amides is 1. The number of nitrogens with one attached hydrogen (secondary N) is 1. The highest BCUT2D eigenvalue weighted by Crippen LogP contribution is 2.25. The Hall–Kier alpha value is -1.44. The fraction of sp³-hybridized carbons (Fsp3) is 0.562. The van der Waals surface area contributed by atoms with Crippen molar-refractivity contribution in [3.8, 4) is 0 Å². The second kappa shape index (κ2) is 7.42. The number of rotatable bonds is 4. The summed E-state index contributed by atoms with van der Waals surface area (Å²) in [5.41, 5.74) is 6.66. The second-order valence-corrected chi connectivity index (χ2v) is 7.98. The number of sulfonamides is 1. The minimum Gasteiger partial charge on any atom is -0.325 e. The van der Waals surface area contributed by atoms with Crippen LogP contribution in [0.4, 0.5) is 5.69 Å². The van der Waals surface area contributed by atoms with E-state index in [1.165, 1.54) is 6.07 Å². The van der Waals surface area contributed by atoms with E-state index in [1.54, 1.807) is 30.3 Å². The molecule has 0 saturated carbocycles. The van der Waals surface area contributed by atoms with Crippen molar-refractivity contribution < 1.29 is 13.2 Å². The number of nitrogens with zero attached hydrogens (tertiary/aromatic N) is 1. The van der Waals surface area contributed by atoms with E-state index < -0.39 is 16.1 Å². The molecule has 0 unspecified atom stereocenters. The molecule has 1 fully saturated rings. The first-order valence-corrected chi connectivity index (χ1v) is 9.43. The maximum Gasteiger partial charge on any atom is 0.243 e. The van der Waals surface area contributed by atoms with Crippen LogP contribution < -0.4 is 11.1 Å². The lowest BCUT2D eigenvalue weighted by molar-refractivity contribution is -0.117. The molecule has 128 valence electrons. The van der Waals surface area contributed by atoms with Gasteiger partial charge in [-0.25, -0.2) is 8.42 Å². The number of carbonyl (C=O) groups excluding carboxylic acids is 1. The summed E-state index contributed by atoms with van der Waals surface area (Å²) in [5, 5.41) is 2.65. The van der Waals surface area contributed by atoms with Crippen molar-refractivity contribution in [2.45, 2.75) is 50.5 Å². The van der Waals surface area contributed by atoms with Crippen LogP contribution in [0.15, 0.2) is 23.1 Å². The molecule has 1 aromatic carbocycles. The normalized spacial score (nSPS) is 18.2. The van der Waals surface area contributed by atoms with Crippen LogP contribution in [-0.2, 0) is 14.8 Å². The third kappa shape index (κ3) is 4.31.